The Morgan fingerprint density at radius 1 is 1.44 bits per heavy atom. The van der Waals surface area contributed by atoms with E-state index in [0.717, 1.165) is 28.9 Å². The molecule has 16 heavy (non-hydrogen) atoms. The molecule has 2 heterocycles. The lowest BCUT2D eigenvalue weighted by Gasteiger charge is -2.23. The number of imidazole rings is 1. The van der Waals surface area contributed by atoms with Crippen molar-refractivity contribution in [3.63, 3.8) is 0 Å². The molecule has 0 amide bonds. The van der Waals surface area contributed by atoms with Gasteiger partial charge < -0.3 is 0 Å². The fraction of sp³-hybridized carbons (Fsp3) is 0.385. The maximum absolute atomic E-state index is 11.2. The number of aromatic nitrogens is 2. The van der Waals surface area contributed by atoms with Crippen LogP contribution in [0.25, 0.3) is 5.65 Å². The van der Waals surface area contributed by atoms with Gasteiger partial charge in [-0.2, -0.15) is 0 Å². The summed E-state index contributed by atoms with van der Waals surface area (Å²) in [5, 5.41) is 0. The van der Waals surface area contributed by atoms with E-state index in [4.69, 9.17) is 0 Å². The molecule has 3 rings (SSSR count). The third kappa shape index (κ3) is 1.28. The van der Waals surface area contributed by atoms with Gasteiger partial charge in [-0.25, -0.2) is 4.98 Å². The molecule has 0 bridgehead atoms. The third-order valence-electron chi connectivity index (χ3n) is 3.44. The van der Waals surface area contributed by atoms with Gasteiger partial charge in [-0.1, -0.05) is 12.5 Å². The largest absolute Gasteiger partial charge is 0.297 e. The number of aryl methyl sites for hydroxylation is 1. The Kier molecular flexibility index (Phi) is 2.06. The van der Waals surface area contributed by atoms with Gasteiger partial charge in [-0.3, -0.25) is 9.20 Å². The van der Waals surface area contributed by atoms with Crippen molar-refractivity contribution < 1.29 is 4.79 Å². The Bertz CT molecular complexity index is 552. The van der Waals surface area contributed by atoms with Crippen LogP contribution in [0.3, 0.4) is 0 Å². The first kappa shape index (κ1) is 9.58. The fourth-order valence-corrected chi connectivity index (χ4v) is 2.29. The summed E-state index contributed by atoms with van der Waals surface area (Å²) in [5.41, 5.74) is 3.76. The van der Waals surface area contributed by atoms with Gasteiger partial charge in [-0.15, -0.1) is 0 Å². The number of carbonyl (C=O) groups is 1. The molecule has 82 valence electrons. The highest BCUT2D eigenvalue weighted by atomic mass is 16.1. The lowest BCUT2D eigenvalue weighted by Crippen LogP contribution is -2.11. The number of hydrogen-bond acceptors (Lipinski definition) is 2. The predicted molar refractivity (Wildman–Crippen MR) is 61.9 cm³/mol. The van der Waals surface area contributed by atoms with E-state index in [9.17, 15) is 4.79 Å². The first-order chi connectivity index (χ1) is 7.79. The Morgan fingerprint density at radius 2 is 2.25 bits per heavy atom. The Balaban J connectivity index is 2.24. The van der Waals surface area contributed by atoms with Crippen molar-refractivity contribution >= 4 is 11.9 Å². The van der Waals surface area contributed by atoms with Crippen molar-refractivity contribution in [2.75, 3.05) is 0 Å². The number of fused-ring (bicyclic) bond motifs is 1. The molecule has 0 atom stereocenters. The van der Waals surface area contributed by atoms with Gasteiger partial charge in [0.2, 0.25) is 0 Å². The van der Waals surface area contributed by atoms with Gasteiger partial charge in [0.15, 0.2) is 6.29 Å². The van der Waals surface area contributed by atoms with E-state index in [1.54, 1.807) is 0 Å². The van der Waals surface area contributed by atoms with Gasteiger partial charge >= 0.3 is 0 Å². The maximum Gasteiger partial charge on any atom is 0.168 e. The summed E-state index contributed by atoms with van der Waals surface area (Å²) >= 11 is 0. The summed E-state index contributed by atoms with van der Waals surface area (Å²) in [6, 6.07) is 4.01. The average molecular weight is 214 g/mol. The highest BCUT2D eigenvalue weighted by Crippen LogP contribution is 2.37. The minimum Gasteiger partial charge on any atom is -0.297 e. The summed E-state index contributed by atoms with van der Waals surface area (Å²) < 4.78 is 1.91. The van der Waals surface area contributed by atoms with Crippen molar-refractivity contribution in [2.45, 2.75) is 32.1 Å². The molecule has 0 unspecified atom stereocenters. The zero-order valence-electron chi connectivity index (χ0n) is 9.31. The van der Waals surface area contributed by atoms with Gasteiger partial charge in [0.1, 0.15) is 11.3 Å². The lowest BCUT2D eigenvalue weighted by atomic mass is 9.82. The number of carbonyl (C=O) groups excluding carboxylic acids is 1. The first-order valence-electron chi connectivity index (χ1n) is 5.73. The third-order valence-corrected chi connectivity index (χ3v) is 3.44. The second-order valence-electron chi connectivity index (χ2n) is 4.56. The molecule has 1 aliphatic carbocycles. The molecule has 0 radical (unpaired) electrons. The molecular formula is C13H14N2O. The van der Waals surface area contributed by atoms with Gasteiger partial charge in [0.25, 0.3) is 0 Å². The molecule has 3 nitrogen and oxygen atoms in total. The van der Waals surface area contributed by atoms with E-state index in [1.807, 2.05) is 29.7 Å². The molecule has 0 spiro atoms. The van der Waals surface area contributed by atoms with Gasteiger partial charge in [0, 0.05) is 12.1 Å². The molecule has 1 fully saturated rings. The van der Waals surface area contributed by atoms with Crippen LogP contribution in [0.1, 0.15) is 46.9 Å². The van der Waals surface area contributed by atoms with E-state index >= 15 is 0 Å². The molecule has 3 heteroatoms. The lowest BCUT2D eigenvalue weighted by molar-refractivity contribution is 0.111. The summed E-state index contributed by atoms with van der Waals surface area (Å²) in [4.78, 5) is 15.8. The minimum atomic E-state index is 0.500. The fourth-order valence-electron chi connectivity index (χ4n) is 2.29. The van der Waals surface area contributed by atoms with E-state index in [0.29, 0.717) is 5.92 Å². The molecule has 0 aliphatic heterocycles. The Hall–Kier alpha value is -1.64. The SMILES string of the molecule is Cc1ccc2nc(C3CCC3)c(C=O)n2c1. The van der Waals surface area contributed by atoms with Crippen LogP contribution in [0.4, 0.5) is 0 Å². The number of hydrogen-bond donors (Lipinski definition) is 0. The Labute approximate surface area is 94.1 Å². The monoisotopic (exact) mass is 214 g/mol. The molecule has 0 aromatic carbocycles. The van der Waals surface area contributed by atoms with E-state index in [2.05, 4.69) is 4.98 Å². The van der Waals surface area contributed by atoms with Crippen LogP contribution in [-0.4, -0.2) is 15.7 Å². The van der Waals surface area contributed by atoms with Crippen LogP contribution in [0.5, 0.6) is 0 Å². The molecule has 0 saturated heterocycles. The quantitative estimate of drug-likeness (QED) is 0.720. The second kappa shape index (κ2) is 3.44. The zero-order valence-corrected chi connectivity index (χ0v) is 9.31. The van der Waals surface area contributed by atoms with Gasteiger partial charge in [-0.05, 0) is 31.4 Å². The smallest absolute Gasteiger partial charge is 0.168 e. The topological polar surface area (TPSA) is 34.4 Å². The van der Waals surface area contributed by atoms with E-state index in [1.165, 1.54) is 19.3 Å². The minimum absolute atomic E-state index is 0.500. The van der Waals surface area contributed by atoms with Crippen LogP contribution in [0.15, 0.2) is 18.3 Å². The van der Waals surface area contributed by atoms with E-state index < -0.39 is 0 Å². The highest BCUT2D eigenvalue weighted by molar-refractivity contribution is 5.77. The van der Waals surface area contributed by atoms with Crippen LogP contribution < -0.4 is 0 Å². The molecular weight excluding hydrogens is 200 g/mol. The van der Waals surface area contributed by atoms with E-state index in [-0.39, 0.29) is 0 Å². The number of rotatable bonds is 2. The number of nitrogens with zero attached hydrogens (tertiary/aromatic N) is 2. The zero-order chi connectivity index (χ0) is 11.1. The van der Waals surface area contributed by atoms with Crippen LogP contribution in [0, 0.1) is 6.92 Å². The second-order valence-corrected chi connectivity index (χ2v) is 4.56. The van der Waals surface area contributed by atoms with Crippen LogP contribution in [0.2, 0.25) is 0 Å². The Morgan fingerprint density at radius 3 is 2.88 bits per heavy atom. The standard InChI is InChI=1S/C13H14N2O/c1-9-5-6-12-14-13(10-3-2-4-10)11(8-16)15(12)7-9/h5-8,10H,2-4H2,1H3. The first-order valence-corrected chi connectivity index (χ1v) is 5.73. The number of aldehydes is 1. The molecule has 2 aromatic rings. The van der Waals surface area contributed by atoms with Crippen molar-refractivity contribution in [3.8, 4) is 0 Å². The normalized spacial score (nSPS) is 16.3. The summed E-state index contributed by atoms with van der Waals surface area (Å²) in [5.74, 6) is 0.500. The van der Waals surface area contributed by atoms with Crippen molar-refractivity contribution in [3.05, 3.63) is 35.3 Å². The summed E-state index contributed by atoms with van der Waals surface area (Å²) in [6.07, 6.45) is 6.52. The van der Waals surface area contributed by atoms with Crippen LogP contribution in [-0.2, 0) is 0 Å². The van der Waals surface area contributed by atoms with Crippen molar-refractivity contribution in [2.24, 2.45) is 0 Å². The summed E-state index contributed by atoms with van der Waals surface area (Å²) in [7, 11) is 0. The predicted octanol–water partition coefficient (Wildman–Crippen LogP) is 2.72. The molecule has 1 aliphatic rings. The average Bonchev–Trinajstić information content (AvgIpc) is 2.52. The molecule has 0 N–H and O–H groups in total. The summed E-state index contributed by atoms with van der Waals surface area (Å²) in [6.45, 7) is 2.02. The van der Waals surface area contributed by atoms with Crippen molar-refractivity contribution in [1.82, 2.24) is 9.38 Å². The van der Waals surface area contributed by atoms with Gasteiger partial charge in [0.05, 0.1) is 5.69 Å². The molecule has 1 saturated carbocycles. The molecule has 2 aromatic heterocycles. The van der Waals surface area contributed by atoms with Crippen LogP contribution >= 0.6 is 0 Å². The maximum atomic E-state index is 11.2. The van der Waals surface area contributed by atoms with Crippen molar-refractivity contribution in [1.29, 1.82) is 0 Å². The number of pyridine rings is 1. The highest BCUT2D eigenvalue weighted by Gasteiger charge is 2.26.